The van der Waals surface area contributed by atoms with Crippen molar-refractivity contribution in [3.63, 3.8) is 0 Å². The Labute approximate surface area is 201 Å². The van der Waals surface area contributed by atoms with Gasteiger partial charge in [-0.15, -0.1) is 5.10 Å². The van der Waals surface area contributed by atoms with E-state index in [-0.39, 0.29) is 30.0 Å². The van der Waals surface area contributed by atoms with E-state index in [1.54, 1.807) is 24.3 Å². The number of epoxide rings is 1. The van der Waals surface area contributed by atoms with Crippen LogP contribution in [0.5, 0.6) is 5.88 Å². The molecule has 2 aliphatic rings. The Morgan fingerprint density at radius 1 is 1.23 bits per heavy atom. The molecule has 7 N–H and O–H groups in total. The molecule has 11 nitrogen and oxygen atoms in total. The van der Waals surface area contributed by atoms with Crippen LogP contribution in [0.1, 0.15) is 46.9 Å². The van der Waals surface area contributed by atoms with Gasteiger partial charge in [-0.3, -0.25) is 9.89 Å². The molecule has 2 aliphatic heterocycles. The molecule has 1 aromatic heterocycles. The van der Waals surface area contributed by atoms with Crippen LogP contribution in [-0.4, -0.2) is 87.7 Å². The summed E-state index contributed by atoms with van der Waals surface area (Å²) >= 11 is 0. The normalized spacial score (nSPS) is 30.3. The lowest BCUT2D eigenvalue weighted by Crippen LogP contribution is -2.58. The number of aromatic amines is 1. The van der Waals surface area contributed by atoms with E-state index >= 15 is 0 Å². The number of H-pyrrole nitrogens is 1. The highest BCUT2D eigenvalue weighted by Gasteiger charge is 2.46. The van der Waals surface area contributed by atoms with Gasteiger partial charge in [0.1, 0.15) is 30.6 Å². The zero-order valence-corrected chi connectivity index (χ0v) is 19.4. The fraction of sp³-hybridized carbons (Fsp3) is 0.565. The molecule has 192 valence electrons. The summed E-state index contributed by atoms with van der Waals surface area (Å²) in [6.07, 6.45) is -8.26. The summed E-state index contributed by atoms with van der Waals surface area (Å²) in [5, 5.41) is 39.5. The quantitative estimate of drug-likeness (QED) is 0.255. The van der Waals surface area contributed by atoms with E-state index in [9.17, 15) is 24.5 Å². The fourth-order valence-electron chi connectivity index (χ4n) is 3.95. The molecule has 0 spiro atoms. The third kappa shape index (κ3) is 5.63. The summed E-state index contributed by atoms with van der Waals surface area (Å²) in [4.78, 5) is 12.3. The first kappa shape index (κ1) is 25.5. The molecular weight excluding hydrogens is 463 g/mol. The van der Waals surface area contributed by atoms with Gasteiger partial charge in [-0.1, -0.05) is 26.0 Å². The summed E-state index contributed by atoms with van der Waals surface area (Å²) in [5.74, 6) is -0.0540. The van der Waals surface area contributed by atoms with Crippen molar-refractivity contribution < 1.29 is 38.7 Å². The summed E-state index contributed by atoms with van der Waals surface area (Å²) in [6, 6.07) is 7.01. The minimum absolute atomic E-state index is 0.0547. The van der Waals surface area contributed by atoms with Crippen molar-refractivity contribution in [1.82, 2.24) is 15.5 Å². The van der Waals surface area contributed by atoms with Gasteiger partial charge in [-0.2, -0.15) is 0 Å². The molecule has 35 heavy (non-hydrogen) atoms. The number of benzene rings is 1. The number of nitrogens with two attached hydrogens (primary N) is 1. The van der Waals surface area contributed by atoms with Gasteiger partial charge < -0.3 is 40.6 Å². The smallest absolute Gasteiger partial charge is 0.251 e. The predicted octanol–water partition coefficient (Wildman–Crippen LogP) is -0.307. The minimum atomic E-state index is -1.95. The molecule has 7 atom stereocenters. The maximum atomic E-state index is 14.1. The fourth-order valence-corrected chi connectivity index (χ4v) is 3.95. The Balaban J connectivity index is 1.47. The third-order valence-corrected chi connectivity index (χ3v) is 6.15. The van der Waals surface area contributed by atoms with Crippen LogP contribution in [0, 0.1) is 0 Å². The first-order valence-corrected chi connectivity index (χ1v) is 11.5. The predicted molar refractivity (Wildman–Crippen MR) is 120 cm³/mol. The molecule has 1 amide bonds. The number of aromatic nitrogens is 2. The van der Waals surface area contributed by atoms with Gasteiger partial charge in [0.25, 0.3) is 5.91 Å². The zero-order chi connectivity index (χ0) is 25.3. The van der Waals surface area contributed by atoms with E-state index in [1.807, 2.05) is 13.8 Å². The highest BCUT2D eigenvalue weighted by atomic mass is 19.1. The van der Waals surface area contributed by atoms with Gasteiger partial charge in [0.05, 0.1) is 6.61 Å². The number of amides is 1. The number of aliphatic hydroxyl groups is 3. The molecule has 0 aliphatic carbocycles. The van der Waals surface area contributed by atoms with Gasteiger partial charge in [0.2, 0.25) is 12.2 Å². The summed E-state index contributed by atoms with van der Waals surface area (Å²) in [6.45, 7) is 3.60. The number of carbonyl (C=O) groups excluding carboxylic acids is 1. The largest absolute Gasteiger partial charge is 0.443 e. The maximum absolute atomic E-state index is 14.1. The number of nitrogens with one attached hydrogen (secondary N) is 2. The van der Waals surface area contributed by atoms with Gasteiger partial charge in [-0.25, -0.2) is 4.39 Å². The lowest BCUT2D eigenvalue weighted by atomic mass is 9.98. The molecule has 12 heteroatoms. The number of halogens is 1. The second kappa shape index (κ2) is 10.6. The molecule has 3 heterocycles. The molecule has 0 bridgehead atoms. The van der Waals surface area contributed by atoms with Crippen molar-refractivity contribution in [2.24, 2.45) is 5.73 Å². The van der Waals surface area contributed by atoms with Crippen LogP contribution >= 0.6 is 0 Å². The summed E-state index contributed by atoms with van der Waals surface area (Å²) < 4.78 is 30.2. The Kier molecular flexibility index (Phi) is 7.69. The highest BCUT2D eigenvalue weighted by molar-refractivity contribution is 5.94. The molecular formula is C23H31FN4O7. The van der Waals surface area contributed by atoms with Crippen LogP contribution in [0.2, 0.25) is 0 Å². The number of carbonyl (C=O) groups is 1. The Morgan fingerprint density at radius 2 is 1.91 bits per heavy atom. The second-order valence-electron chi connectivity index (χ2n) is 9.07. The van der Waals surface area contributed by atoms with E-state index < -0.39 is 37.4 Å². The van der Waals surface area contributed by atoms with Crippen LogP contribution < -0.4 is 15.8 Å². The van der Waals surface area contributed by atoms with Gasteiger partial charge in [-0.05, 0) is 23.6 Å². The monoisotopic (exact) mass is 494 g/mol. The van der Waals surface area contributed by atoms with Crippen molar-refractivity contribution in [3.05, 3.63) is 46.6 Å². The number of nitrogens with zero attached hydrogens (tertiary/aromatic N) is 1. The standard InChI is InChI=1S/C23H31FN4O7/c1-10(2)17-13(7-11-3-5-12(6-4-11)21(32)26-8-14-20(25)33-14)22(28-27-17)35-23-19(31)18(30)16(24)15(9-29)34-23/h3-6,10,14-16,18-20,23,29-31H,7-9,25H2,1-2H3,(H,26,32)(H,27,28)/t14?,15-,16-,18+,19-,20?,23+/m1/s1. The van der Waals surface area contributed by atoms with E-state index in [0.29, 0.717) is 24.1 Å². The number of aliphatic hydroxyl groups excluding tert-OH is 3. The summed E-state index contributed by atoms with van der Waals surface area (Å²) in [5.41, 5.74) is 8.38. The number of alkyl halides is 1. The van der Waals surface area contributed by atoms with Crippen LogP contribution in [0.4, 0.5) is 4.39 Å². The molecule has 0 saturated carbocycles. The molecule has 2 aromatic rings. The number of ether oxygens (including phenoxy) is 3. The lowest BCUT2D eigenvalue weighted by Gasteiger charge is -2.38. The average molecular weight is 495 g/mol. The Bertz CT molecular complexity index is 1020. The summed E-state index contributed by atoms with van der Waals surface area (Å²) in [7, 11) is 0. The lowest BCUT2D eigenvalue weighted by molar-refractivity contribution is -0.265. The zero-order valence-electron chi connectivity index (χ0n) is 19.4. The number of hydrogen-bond donors (Lipinski definition) is 6. The van der Waals surface area contributed by atoms with Crippen LogP contribution in [0.25, 0.3) is 0 Å². The SMILES string of the molecule is CC(C)c1[nH]nc(O[C@@H]2O[C@H](CO)[C@@H](F)[C@H](O)[C@H]2O)c1Cc1ccc(C(=O)NCC2OC2N)cc1. The van der Waals surface area contributed by atoms with Gasteiger partial charge in [0, 0.05) is 29.8 Å². The van der Waals surface area contributed by atoms with Gasteiger partial charge in [0.15, 0.2) is 6.17 Å². The topological polar surface area (TPSA) is 175 Å². The van der Waals surface area contributed by atoms with E-state index in [1.165, 1.54) is 0 Å². The van der Waals surface area contributed by atoms with E-state index in [2.05, 4.69) is 15.5 Å². The molecule has 2 fully saturated rings. The average Bonchev–Trinajstić information content (AvgIpc) is 3.41. The van der Waals surface area contributed by atoms with E-state index in [0.717, 1.165) is 11.3 Å². The van der Waals surface area contributed by atoms with Crippen molar-refractivity contribution in [2.75, 3.05) is 13.2 Å². The highest BCUT2D eigenvalue weighted by Crippen LogP contribution is 2.31. The molecule has 4 rings (SSSR count). The Hall–Kier alpha value is -2.61. The van der Waals surface area contributed by atoms with Gasteiger partial charge >= 0.3 is 0 Å². The Morgan fingerprint density at radius 3 is 2.51 bits per heavy atom. The molecule has 1 aromatic carbocycles. The minimum Gasteiger partial charge on any atom is -0.443 e. The third-order valence-electron chi connectivity index (χ3n) is 6.15. The van der Waals surface area contributed by atoms with Crippen molar-refractivity contribution in [1.29, 1.82) is 0 Å². The van der Waals surface area contributed by atoms with E-state index in [4.69, 9.17) is 19.9 Å². The van der Waals surface area contributed by atoms with Crippen molar-refractivity contribution >= 4 is 5.91 Å². The molecule has 2 saturated heterocycles. The number of hydrogen-bond acceptors (Lipinski definition) is 9. The second-order valence-corrected chi connectivity index (χ2v) is 9.07. The van der Waals surface area contributed by atoms with Crippen LogP contribution in [0.3, 0.4) is 0 Å². The number of rotatable bonds is 9. The van der Waals surface area contributed by atoms with Crippen molar-refractivity contribution in [3.8, 4) is 5.88 Å². The van der Waals surface area contributed by atoms with Crippen LogP contribution in [-0.2, 0) is 15.9 Å². The first-order chi connectivity index (χ1) is 16.7. The first-order valence-electron chi connectivity index (χ1n) is 11.5. The molecule has 0 radical (unpaired) electrons. The maximum Gasteiger partial charge on any atom is 0.251 e. The van der Waals surface area contributed by atoms with Crippen LogP contribution in [0.15, 0.2) is 24.3 Å². The van der Waals surface area contributed by atoms with Crippen molar-refractivity contribution in [2.45, 2.75) is 69.3 Å². The molecule has 2 unspecified atom stereocenters.